The summed E-state index contributed by atoms with van der Waals surface area (Å²) in [4.78, 5) is 36.8. The van der Waals surface area contributed by atoms with Gasteiger partial charge in [-0.25, -0.2) is 9.50 Å². The molecule has 0 radical (unpaired) electrons. The number of carbonyl (C=O) groups is 1. The second-order valence-electron chi connectivity index (χ2n) is 11.7. The first-order valence-corrected chi connectivity index (χ1v) is 14.6. The lowest BCUT2D eigenvalue weighted by Gasteiger charge is -2.35. The van der Waals surface area contributed by atoms with E-state index < -0.39 is 28.7 Å². The van der Waals surface area contributed by atoms with E-state index in [0.717, 1.165) is 34.6 Å². The number of aromatic nitrogens is 5. The molecular formula is C32H30ClF3N6O2. The molecule has 1 atom stereocenters. The average Bonchev–Trinajstić information content (AvgIpc) is 3.58. The Morgan fingerprint density at radius 2 is 1.89 bits per heavy atom. The third kappa shape index (κ3) is 5.08. The topological polar surface area (TPSA) is 88.3 Å². The minimum absolute atomic E-state index is 0.00667. The normalized spacial score (nSPS) is 15.3. The Hall–Kier alpha value is -4.38. The third-order valence-corrected chi connectivity index (χ3v) is 8.43. The molecule has 1 aliphatic heterocycles. The second kappa shape index (κ2) is 11.0. The summed E-state index contributed by atoms with van der Waals surface area (Å²) < 4.78 is 44.0. The fourth-order valence-electron chi connectivity index (χ4n) is 5.95. The summed E-state index contributed by atoms with van der Waals surface area (Å²) in [5.74, 6) is -0.305. The van der Waals surface area contributed by atoms with Crippen molar-refractivity contribution in [2.45, 2.75) is 59.3 Å². The van der Waals surface area contributed by atoms with E-state index in [-0.39, 0.29) is 30.0 Å². The average molecular weight is 623 g/mol. The molecule has 1 amide bonds. The molecule has 0 aliphatic carbocycles. The number of benzene rings is 2. The van der Waals surface area contributed by atoms with E-state index in [1.165, 1.54) is 11.0 Å². The van der Waals surface area contributed by atoms with Crippen LogP contribution in [0.3, 0.4) is 0 Å². The van der Waals surface area contributed by atoms with Crippen LogP contribution >= 0.6 is 11.6 Å². The summed E-state index contributed by atoms with van der Waals surface area (Å²) >= 11 is 5.80. The molecule has 5 aromatic rings. The van der Waals surface area contributed by atoms with Crippen molar-refractivity contribution in [1.82, 2.24) is 29.0 Å². The van der Waals surface area contributed by atoms with Gasteiger partial charge in [-0.05, 0) is 68.5 Å². The molecule has 228 valence electrons. The smallest absolute Gasteiger partial charge is 0.344 e. The Morgan fingerprint density at radius 1 is 1.16 bits per heavy atom. The van der Waals surface area contributed by atoms with Crippen molar-refractivity contribution in [2.24, 2.45) is 5.92 Å². The molecule has 3 aromatic heterocycles. The van der Waals surface area contributed by atoms with Gasteiger partial charge in [0.1, 0.15) is 5.65 Å². The number of aryl methyl sites for hydroxylation is 1. The molecule has 0 unspecified atom stereocenters. The maximum atomic E-state index is 14.3. The number of hydrogen-bond acceptors (Lipinski definition) is 4. The van der Waals surface area contributed by atoms with Gasteiger partial charge in [0.2, 0.25) is 0 Å². The number of nitrogens with one attached hydrogen (secondary N) is 1. The number of rotatable bonds is 5. The predicted molar refractivity (Wildman–Crippen MR) is 161 cm³/mol. The summed E-state index contributed by atoms with van der Waals surface area (Å²) in [5, 5.41) is 4.19. The van der Waals surface area contributed by atoms with Crippen molar-refractivity contribution < 1.29 is 18.0 Å². The first kappa shape index (κ1) is 29.7. The molecule has 0 saturated heterocycles. The van der Waals surface area contributed by atoms with Gasteiger partial charge >= 0.3 is 6.18 Å². The minimum Gasteiger partial charge on any atom is -0.344 e. The van der Waals surface area contributed by atoms with E-state index in [0.29, 0.717) is 29.0 Å². The quantitative estimate of drug-likeness (QED) is 0.238. The van der Waals surface area contributed by atoms with Crippen molar-refractivity contribution in [2.75, 3.05) is 0 Å². The maximum Gasteiger partial charge on any atom is 0.417 e. The molecule has 8 nitrogen and oxygen atoms in total. The zero-order valence-electron chi connectivity index (χ0n) is 24.5. The molecule has 1 N–H and O–H groups in total. The highest BCUT2D eigenvalue weighted by Crippen LogP contribution is 2.36. The molecule has 44 heavy (non-hydrogen) atoms. The number of nitrogens with zero attached hydrogens (tertiary/aromatic N) is 5. The van der Waals surface area contributed by atoms with Crippen molar-refractivity contribution in [1.29, 1.82) is 0 Å². The van der Waals surface area contributed by atoms with E-state index in [1.807, 2.05) is 31.2 Å². The van der Waals surface area contributed by atoms with Crippen molar-refractivity contribution in [3.05, 3.63) is 104 Å². The van der Waals surface area contributed by atoms with Crippen molar-refractivity contribution in [3.8, 4) is 16.9 Å². The Kier molecular flexibility index (Phi) is 7.39. The zero-order chi connectivity index (χ0) is 31.5. The number of fused-ring (bicyclic) bond motifs is 3. The highest BCUT2D eigenvalue weighted by atomic mass is 35.5. The third-order valence-electron chi connectivity index (χ3n) is 8.10. The lowest BCUT2D eigenvalue weighted by atomic mass is 9.97. The van der Waals surface area contributed by atoms with Gasteiger partial charge in [0.25, 0.3) is 11.5 Å². The van der Waals surface area contributed by atoms with Crippen molar-refractivity contribution in [3.63, 3.8) is 0 Å². The monoisotopic (exact) mass is 622 g/mol. The Labute approximate surface area is 256 Å². The fourth-order valence-corrected chi connectivity index (χ4v) is 6.18. The van der Waals surface area contributed by atoms with Crippen LogP contribution in [0, 0.1) is 12.8 Å². The fraction of sp³-hybridized carbons (Fsp3) is 0.312. The van der Waals surface area contributed by atoms with Crippen LogP contribution in [0.4, 0.5) is 13.2 Å². The number of hydrogen-bond donors (Lipinski definition) is 1. The lowest BCUT2D eigenvalue weighted by molar-refractivity contribution is -0.137. The highest BCUT2D eigenvalue weighted by Gasteiger charge is 2.36. The summed E-state index contributed by atoms with van der Waals surface area (Å²) in [5.41, 5.74) is 4.46. The van der Waals surface area contributed by atoms with E-state index in [9.17, 15) is 22.8 Å². The number of alkyl halides is 3. The van der Waals surface area contributed by atoms with Crippen LogP contribution in [-0.2, 0) is 25.6 Å². The molecule has 0 bridgehead atoms. The number of halogens is 4. The molecule has 0 saturated carbocycles. The maximum absolute atomic E-state index is 14.3. The van der Waals surface area contributed by atoms with Gasteiger partial charge in [0.15, 0.2) is 0 Å². The zero-order valence-corrected chi connectivity index (χ0v) is 25.3. The van der Waals surface area contributed by atoms with Gasteiger partial charge in [-0.2, -0.15) is 18.3 Å². The molecule has 1 aliphatic rings. The molecule has 0 fully saturated rings. The Morgan fingerprint density at radius 3 is 2.52 bits per heavy atom. The first-order valence-electron chi connectivity index (χ1n) is 14.3. The van der Waals surface area contributed by atoms with Gasteiger partial charge in [-0.1, -0.05) is 37.6 Å². The predicted octanol–water partition coefficient (Wildman–Crippen LogP) is 6.64. The highest BCUT2D eigenvalue weighted by molar-refractivity contribution is 6.31. The SMILES string of the molecule is Cc1nc[nH]c1-c1ccc(-n2c(=O)c3c(n4ncc(CC(C)C)c24)CN(C(=O)c2ccc(Cl)c(C(F)(F)F)c2)[C@@H](C)C3)cc1. The van der Waals surface area contributed by atoms with E-state index >= 15 is 0 Å². The van der Waals surface area contributed by atoms with Gasteiger partial charge in [-0.3, -0.25) is 14.2 Å². The van der Waals surface area contributed by atoms with Gasteiger partial charge in [0.05, 0.1) is 52.4 Å². The van der Waals surface area contributed by atoms with Crippen LogP contribution in [-0.4, -0.2) is 41.0 Å². The van der Waals surface area contributed by atoms with Gasteiger partial charge in [-0.15, -0.1) is 0 Å². The van der Waals surface area contributed by atoms with Crippen LogP contribution in [0.2, 0.25) is 5.02 Å². The summed E-state index contributed by atoms with van der Waals surface area (Å²) in [7, 11) is 0. The number of aromatic amines is 1. The van der Waals surface area contributed by atoms with Crippen LogP contribution < -0.4 is 5.56 Å². The summed E-state index contributed by atoms with van der Waals surface area (Å²) in [6.07, 6.45) is -0.454. The molecule has 2 aromatic carbocycles. The van der Waals surface area contributed by atoms with Crippen LogP contribution in [0.25, 0.3) is 22.6 Å². The first-order chi connectivity index (χ1) is 20.8. The minimum atomic E-state index is -4.71. The van der Waals surface area contributed by atoms with Crippen LogP contribution in [0.5, 0.6) is 0 Å². The van der Waals surface area contributed by atoms with E-state index in [4.69, 9.17) is 11.6 Å². The summed E-state index contributed by atoms with van der Waals surface area (Å²) in [6, 6.07) is 10.3. The molecular weight excluding hydrogens is 593 g/mol. The molecule has 12 heteroatoms. The van der Waals surface area contributed by atoms with Crippen molar-refractivity contribution >= 4 is 23.2 Å². The van der Waals surface area contributed by atoms with Gasteiger partial charge < -0.3 is 9.88 Å². The largest absolute Gasteiger partial charge is 0.417 e. The number of amides is 1. The number of carbonyl (C=O) groups excluding carboxylic acids is 1. The molecule has 4 heterocycles. The van der Waals surface area contributed by atoms with Gasteiger partial charge in [0, 0.05) is 22.7 Å². The molecule has 6 rings (SSSR count). The summed E-state index contributed by atoms with van der Waals surface area (Å²) in [6.45, 7) is 7.86. The van der Waals surface area contributed by atoms with E-state index in [2.05, 4.69) is 28.9 Å². The Balaban J connectivity index is 1.46. The number of imidazole rings is 1. The van der Waals surface area contributed by atoms with Crippen LogP contribution in [0.1, 0.15) is 59.2 Å². The second-order valence-corrected chi connectivity index (χ2v) is 12.1. The Bertz CT molecular complexity index is 1960. The number of H-pyrrole nitrogens is 1. The van der Waals surface area contributed by atoms with Crippen LogP contribution in [0.15, 0.2) is 59.8 Å². The lowest BCUT2D eigenvalue weighted by Crippen LogP contribution is -2.46. The standard InChI is InChI=1S/C32H30ClF3N6O2/c1-17(2)11-22-14-39-42-27-15-40(30(43)21-7-10-26(33)25(13-21)32(34,35)36)18(3)12-24(27)31(44)41(29(22)42)23-8-5-20(6-9-23)28-19(4)37-16-38-28/h5-10,13-14,16-18H,11-12,15H2,1-4H3,(H,37,38)/t18-/m0/s1. The van der Waals surface area contributed by atoms with E-state index in [1.54, 1.807) is 28.5 Å². The molecule has 0 spiro atoms.